The van der Waals surface area contributed by atoms with Gasteiger partial charge in [-0.1, -0.05) is 12.1 Å². The van der Waals surface area contributed by atoms with E-state index >= 15 is 0 Å². The van der Waals surface area contributed by atoms with Crippen LogP contribution in [0.2, 0.25) is 0 Å². The molecule has 4 nitrogen and oxygen atoms in total. The van der Waals surface area contributed by atoms with Crippen LogP contribution in [0, 0.1) is 5.82 Å². The first kappa shape index (κ1) is 17.1. The fraction of sp³-hybridized carbons (Fsp3) is 0.300. The Bertz CT molecular complexity index is 819. The number of hydrogen-bond acceptors (Lipinski definition) is 3. The molecule has 0 aromatic heterocycles. The van der Waals surface area contributed by atoms with Crippen LogP contribution in [0.1, 0.15) is 36.2 Å². The number of ketones is 1. The van der Waals surface area contributed by atoms with E-state index in [4.69, 9.17) is 0 Å². The van der Waals surface area contributed by atoms with Gasteiger partial charge in [0.15, 0.2) is 5.78 Å². The third-order valence-electron chi connectivity index (χ3n) is 4.58. The highest BCUT2D eigenvalue weighted by molar-refractivity contribution is 5.98. The summed E-state index contributed by atoms with van der Waals surface area (Å²) in [7, 11) is 0. The lowest BCUT2D eigenvalue weighted by molar-refractivity contribution is -0.115. The zero-order valence-electron chi connectivity index (χ0n) is 14.4. The summed E-state index contributed by atoms with van der Waals surface area (Å²) < 4.78 is 13.4. The van der Waals surface area contributed by atoms with Gasteiger partial charge in [-0.25, -0.2) is 4.39 Å². The van der Waals surface area contributed by atoms with E-state index in [1.165, 1.54) is 13.0 Å². The molecule has 0 radical (unpaired) electrons. The van der Waals surface area contributed by atoms with Crippen LogP contribution in [-0.2, 0) is 11.2 Å². The van der Waals surface area contributed by atoms with Gasteiger partial charge in [0.25, 0.3) is 0 Å². The van der Waals surface area contributed by atoms with Crippen LogP contribution in [0.3, 0.4) is 0 Å². The number of nitrogens with one attached hydrogen (secondary N) is 1. The van der Waals surface area contributed by atoms with E-state index in [-0.39, 0.29) is 30.1 Å². The van der Waals surface area contributed by atoms with E-state index in [2.05, 4.69) is 12.2 Å². The van der Waals surface area contributed by atoms with Gasteiger partial charge in [0, 0.05) is 23.0 Å². The SMILES string of the molecule is CC(=O)c1cccc(NC(=O)CN2c3ccc(F)cc3CCC2C)c1. The van der Waals surface area contributed by atoms with Crippen molar-refractivity contribution in [1.29, 1.82) is 0 Å². The van der Waals surface area contributed by atoms with Crippen LogP contribution >= 0.6 is 0 Å². The maximum Gasteiger partial charge on any atom is 0.243 e. The molecule has 1 atom stereocenters. The number of rotatable bonds is 4. The molecule has 1 heterocycles. The molecule has 0 fully saturated rings. The van der Waals surface area contributed by atoms with Crippen LogP contribution in [0.15, 0.2) is 42.5 Å². The zero-order chi connectivity index (χ0) is 18.0. The third kappa shape index (κ3) is 3.87. The molecule has 0 spiro atoms. The quantitative estimate of drug-likeness (QED) is 0.861. The van der Waals surface area contributed by atoms with Crippen molar-refractivity contribution in [2.24, 2.45) is 0 Å². The molecule has 1 unspecified atom stereocenters. The minimum atomic E-state index is -0.251. The van der Waals surface area contributed by atoms with Crippen LogP contribution < -0.4 is 10.2 Å². The lowest BCUT2D eigenvalue weighted by Crippen LogP contribution is -2.42. The topological polar surface area (TPSA) is 49.4 Å². The lowest BCUT2D eigenvalue weighted by atomic mass is 9.96. The fourth-order valence-electron chi connectivity index (χ4n) is 3.20. The van der Waals surface area contributed by atoms with Crippen molar-refractivity contribution in [2.45, 2.75) is 32.7 Å². The number of amides is 1. The molecule has 2 aromatic carbocycles. The van der Waals surface area contributed by atoms with Crippen LogP contribution in [0.5, 0.6) is 0 Å². The van der Waals surface area contributed by atoms with E-state index in [9.17, 15) is 14.0 Å². The molecule has 1 aliphatic heterocycles. The monoisotopic (exact) mass is 340 g/mol. The summed E-state index contributed by atoms with van der Waals surface area (Å²) in [6.07, 6.45) is 1.69. The Kier molecular flexibility index (Phi) is 4.83. The second-order valence-corrected chi connectivity index (χ2v) is 6.47. The van der Waals surface area contributed by atoms with E-state index in [0.717, 1.165) is 24.1 Å². The van der Waals surface area contributed by atoms with Crippen molar-refractivity contribution in [3.63, 3.8) is 0 Å². The first-order valence-corrected chi connectivity index (χ1v) is 8.40. The molecule has 0 saturated carbocycles. The summed E-state index contributed by atoms with van der Waals surface area (Å²) >= 11 is 0. The molecule has 130 valence electrons. The predicted molar refractivity (Wildman–Crippen MR) is 96.6 cm³/mol. The zero-order valence-corrected chi connectivity index (χ0v) is 14.4. The van der Waals surface area contributed by atoms with Gasteiger partial charge in [0.05, 0.1) is 6.54 Å². The number of Topliss-reactive ketones (excluding diaryl/α,β-unsaturated/α-hetero) is 1. The third-order valence-corrected chi connectivity index (χ3v) is 4.58. The van der Waals surface area contributed by atoms with Crippen molar-refractivity contribution in [3.05, 3.63) is 59.4 Å². The second-order valence-electron chi connectivity index (χ2n) is 6.47. The molecular weight excluding hydrogens is 319 g/mol. The Labute approximate surface area is 146 Å². The van der Waals surface area contributed by atoms with Crippen molar-refractivity contribution >= 4 is 23.1 Å². The molecule has 0 saturated heterocycles. The molecule has 1 aliphatic rings. The summed E-state index contributed by atoms with van der Waals surface area (Å²) in [4.78, 5) is 25.9. The van der Waals surface area contributed by atoms with Crippen molar-refractivity contribution < 1.29 is 14.0 Å². The van der Waals surface area contributed by atoms with Crippen LogP contribution in [0.4, 0.5) is 15.8 Å². The maximum atomic E-state index is 13.4. The first-order valence-electron chi connectivity index (χ1n) is 8.40. The summed E-state index contributed by atoms with van der Waals surface area (Å²) in [5.41, 5.74) is 3.00. The van der Waals surface area contributed by atoms with Gasteiger partial charge in [-0.15, -0.1) is 0 Å². The Morgan fingerprint density at radius 1 is 1.24 bits per heavy atom. The Hall–Kier alpha value is -2.69. The highest BCUT2D eigenvalue weighted by Crippen LogP contribution is 2.31. The average Bonchev–Trinajstić information content (AvgIpc) is 2.57. The molecule has 1 N–H and O–H groups in total. The van der Waals surface area contributed by atoms with Gasteiger partial charge >= 0.3 is 0 Å². The van der Waals surface area contributed by atoms with E-state index in [0.29, 0.717) is 11.3 Å². The lowest BCUT2D eigenvalue weighted by Gasteiger charge is -2.36. The fourth-order valence-corrected chi connectivity index (χ4v) is 3.20. The number of nitrogens with zero attached hydrogens (tertiary/aromatic N) is 1. The van der Waals surface area contributed by atoms with E-state index in [1.54, 1.807) is 36.4 Å². The number of carbonyl (C=O) groups excluding carboxylic acids is 2. The van der Waals surface area contributed by atoms with Gasteiger partial charge in [-0.05, 0) is 62.6 Å². The summed E-state index contributed by atoms with van der Waals surface area (Å²) in [5, 5.41) is 2.84. The average molecular weight is 340 g/mol. The number of anilines is 2. The Morgan fingerprint density at radius 2 is 2.04 bits per heavy atom. The minimum absolute atomic E-state index is 0.0447. The summed E-state index contributed by atoms with van der Waals surface area (Å²) in [6.45, 7) is 3.74. The predicted octanol–water partition coefficient (Wildman–Crippen LogP) is 3.81. The molecular formula is C20H21FN2O2. The normalized spacial score (nSPS) is 16.3. The molecule has 0 aliphatic carbocycles. The Balaban J connectivity index is 1.75. The smallest absolute Gasteiger partial charge is 0.243 e. The van der Waals surface area contributed by atoms with Gasteiger partial charge in [-0.3, -0.25) is 9.59 Å². The van der Waals surface area contributed by atoms with Gasteiger partial charge in [-0.2, -0.15) is 0 Å². The number of aryl methyl sites for hydroxylation is 1. The highest BCUT2D eigenvalue weighted by atomic mass is 19.1. The Morgan fingerprint density at radius 3 is 2.80 bits per heavy atom. The number of hydrogen-bond donors (Lipinski definition) is 1. The minimum Gasteiger partial charge on any atom is -0.359 e. The number of carbonyl (C=O) groups is 2. The van der Waals surface area contributed by atoms with E-state index < -0.39 is 0 Å². The van der Waals surface area contributed by atoms with Gasteiger partial charge in [0.2, 0.25) is 5.91 Å². The standard InChI is InChI=1S/C20H21FN2O2/c1-13-6-7-16-10-17(21)8-9-19(16)23(13)12-20(25)22-18-5-3-4-15(11-18)14(2)24/h3-5,8-11,13H,6-7,12H2,1-2H3,(H,22,25). The maximum absolute atomic E-state index is 13.4. The van der Waals surface area contributed by atoms with Crippen molar-refractivity contribution in [1.82, 2.24) is 0 Å². The number of halogens is 1. The van der Waals surface area contributed by atoms with Crippen molar-refractivity contribution in [3.8, 4) is 0 Å². The first-order chi connectivity index (χ1) is 11.9. The number of fused-ring (bicyclic) bond motifs is 1. The molecule has 3 rings (SSSR count). The van der Waals surface area contributed by atoms with Crippen LogP contribution in [-0.4, -0.2) is 24.3 Å². The second kappa shape index (κ2) is 7.05. The van der Waals surface area contributed by atoms with Gasteiger partial charge in [0.1, 0.15) is 5.82 Å². The van der Waals surface area contributed by atoms with E-state index in [1.807, 2.05) is 4.90 Å². The molecule has 25 heavy (non-hydrogen) atoms. The number of benzene rings is 2. The molecule has 0 bridgehead atoms. The van der Waals surface area contributed by atoms with Crippen LogP contribution in [0.25, 0.3) is 0 Å². The van der Waals surface area contributed by atoms with Gasteiger partial charge < -0.3 is 10.2 Å². The summed E-state index contributed by atoms with van der Waals surface area (Å²) in [5.74, 6) is -0.458. The molecule has 5 heteroatoms. The largest absolute Gasteiger partial charge is 0.359 e. The summed E-state index contributed by atoms with van der Waals surface area (Å²) in [6, 6.07) is 11.8. The highest BCUT2D eigenvalue weighted by Gasteiger charge is 2.25. The molecule has 2 aromatic rings. The van der Waals surface area contributed by atoms with Crippen molar-refractivity contribution in [2.75, 3.05) is 16.8 Å². The molecule has 1 amide bonds.